The highest BCUT2D eigenvalue weighted by atomic mass is 16.5. The van der Waals surface area contributed by atoms with Crippen LogP contribution in [0.3, 0.4) is 0 Å². The van der Waals surface area contributed by atoms with Gasteiger partial charge in [-0.1, -0.05) is 42.5 Å². The Kier molecular flexibility index (Phi) is 5.29. The van der Waals surface area contributed by atoms with Crippen LogP contribution in [-0.2, 0) is 23.3 Å². The Labute approximate surface area is 193 Å². The topological polar surface area (TPSA) is 59.1 Å². The van der Waals surface area contributed by atoms with Gasteiger partial charge in [0.05, 0.1) is 20.6 Å². The Morgan fingerprint density at radius 1 is 0.879 bits per heavy atom. The molecule has 1 saturated heterocycles. The minimum Gasteiger partial charge on any atom is -0.497 e. The van der Waals surface area contributed by atoms with Gasteiger partial charge in [-0.3, -0.25) is 9.59 Å². The zero-order valence-corrected chi connectivity index (χ0v) is 18.8. The predicted molar refractivity (Wildman–Crippen MR) is 124 cm³/mol. The van der Waals surface area contributed by atoms with Crippen LogP contribution in [0, 0.1) is 0 Å². The van der Waals surface area contributed by atoms with Gasteiger partial charge >= 0.3 is 0 Å². The molecule has 3 aromatic carbocycles. The van der Waals surface area contributed by atoms with Gasteiger partial charge in [-0.05, 0) is 47.0 Å². The standard InChI is InChI=1S/C27H26N2O4/c1-32-22-11-7-19(8-12-22)17-25(30)28-15-16-29-26(31)24-6-4-3-5-20(24)18-27(28,29)21-9-13-23(33-2)14-10-21/h3-14H,15-18H2,1-2H3. The van der Waals surface area contributed by atoms with Gasteiger partial charge in [-0.25, -0.2) is 0 Å². The molecule has 5 rings (SSSR count). The summed E-state index contributed by atoms with van der Waals surface area (Å²) in [6, 6.07) is 22.9. The van der Waals surface area contributed by atoms with Crippen LogP contribution in [0.1, 0.15) is 27.0 Å². The maximum atomic E-state index is 13.7. The van der Waals surface area contributed by atoms with Crippen LogP contribution < -0.4 is 9.47 Å². The highest BCUT2D eigenvalue weighted by molar-refractivity contribution is 5.98. The summed E-state index contributed by atoms with van der Waals surface area (Å²) in [5.74, 6) is 1.44. The molecule has 0 aromatic heterocycles. The highest BCUT2D eigenvalue weighted by Gasteiger charge is 2.55. The summed E-state index contributed by atoms with van der Waals surface area (Å²) in [4.78, 5) is 31.0. The summed E-state index contributed by atoms with van der Waals surface area (Å²) in [5.41, 5.74) is 2.63. The smallest absolute Gasteiger partial charge is 0.256 e. The Balaban J connectivity index is 1.57. The zero-order chi connectivity index (χ0) is 23.0. The SMILES string of the molecule is COc1ccc(CC(=O)N2CCN3C(=O)c4ccccc4CC23c2ccc(OC)cc2)cc1. The Bertz CT molecular complexity index is 1190. The van der Waals surface area contributed by atoms with Crippen LogP contribution in [0.4, 0.5) is 0 Å². The van der Waals surface area contributed by atoms with Crippen LogP contribution in [-0.4, -0.2) is 48.9 Å². The lowest BCUT2D eigenvalue weighted by Crippen LogP contribution is -2.58. The molecular formula is C27H26N2O4. The van der Waals surface area contributed by atoms with Crippen LogP contribution >= 0.6 is 0 Å². The number of amides is 2. The molecule has 1 unspecified atom stereocenters. The van der Waals surface area contributed by atoms with Gasteiger partial charge in [0, 0.05) is 25.1 Å². The van der Waals surface area contributed by atoms with E-state index in [-0.39, 0.29) is 18.2 Å². The lowest BCUT2D eigenvalue weighted by Gasteiger charge is -2.47. The molecule has 1 fully saturated rings. The van der Waals surface area contributed by atoms with Crippen LogP contribution in [0.5, 0.6) is 11.5 Å². The minimum absolute atomic E-state index is 0.00864. The molecule has 2 amide bonds. The second-order valence-corrected chi connectivity index (χ2v) is 8.41. The Morgan fingerprint density at radius 2 is 1.52 bits per heavy atom. The Morgan fingerprint density at radius 3 is 2.18 bits per heavy atom. The monoisotopic (exact) mass is 442 g/mol. The fourth-order valence-corrected chi connectivity index (χ4v) is 5.09. The Hall–Kier alpha value is -3.80. The van der Waals surface area contributed by atoms with Crippen molar-refractivity contribution in [3.8, 4) is 11.5 Å². The molecule has 0 aliphatic carbocycles. The number of hydrogen-bond donors (Lipinski definition) is 0. The highest BCUT2D eigenvalue weighted by Crippen LogP contribution is 2.45. The van der Waals surface area contributed by atoms with Crippen molar-refractivity contribution in [2.45, 2.75) is 18.5 Å². The number of fused-ring (bicyclic) bond motifs is 2. The molecule has 0 N–H and O–H groups in total. The van der Waals surface area contributed by atoms with Crippen molar-refractivity contribution in [1.29, 1.82) is 0 Å². The van der Waals surface area contributed by atoms with E-state index in [4.69, 9.17) is 9.47 Å². The molecule has 0 spiro atoms. The van der Waals surface area contributed by atoms with Crippen molar-refractivity contribution in [3.63, 3.8) is 0 Å². The molecule has 1 atom stereocenters. The maximum Gasteiger partial charge on any atom is 0.256 e. The molecule has 6 heteroatoms. The first-order valence-corrected chi connectivity index (χ1v) is 11.0. The predicted octanol–water partition coefficient (Wildman–Crippen LogP) is 3.64. The fourth-order valence-electron chi connectivity index (χ4n) is 5.09. The van der Waals surface area contributed by atoms with E-state index < -0.39 is 5.66 Å². The van der Waals surface area contributed by atoms with Gasteiger partial charge < -0.3 is 19.3 Å². The van der Waals surface area contributed by atoms with Gasteiger partial charge in [0.2, 0.25) is 5.91 Å². The van der Waals surface area contributed by atoms with Gasteiger partial charge in [-0.2, -0.15) is 0 Å². The number of ether oxygens (including phenoxy) is 2. The molecule has 168 valence electrons. The minimum atomic E-state index is -0.860. The van der Waals surface area contributed by atoms with E-state index in [2.05, 4.69) is 0 Å². The molecule has 6 nitrogen and oxygen atoms in total. The average molecular weight is 443 g/mol. The van der Waals surface area contributed by atoms with Crippen molar-refractivity contribution in [3.05, 3.63) is 95.1 Å². The molecule has 2 aliphatic rings. The van der Waals surface area contributed by atoms with Crippen molar-refractivity contribution < 1.29 is 19.1 Å². The molecule has 0 saturated carbocycles. The summed E-state index contributed by atoms with van der Waals surface area (Å²) in [7, 11) is 3.25. The lowest BCUT2D eigenvalue weighted by atomic mass is 9.83. The van der Waals surface area contributed by atoms with E-state index in [1.807, 2.05) is 82.6 Å². The number of hydrogen-bond acceptors (Lipinski definition) is 4. The first-order valence-electron chi connectivity index (χ1n) is 11.0. The fraction of sp³-hybridized carbons (Fsp3) is 0.259. The molecule has 3 aromatic rings. The summed E-state index contributed by atoms with van der Waals surface area (Å²) in [6.45, 7) is 0.980. The number of rotatable bonds is 5. The third kappa shape index (κ3) is 3.42. The largest absolute Gasteiger partial charge is 0.497 e. The zero-order valence-electron chi connectivity index (χ0n) is 18.8. The first-order chi connectivity index (χ1) is 16.1. The van der Waals surface area contributed by atoms with Crippen LogP contribution in [0.25, 0.3) is 0 Å². The molecule has 0 radical (unpaired) electrons. The lowest BCUT2D eigenvalue weighted by molar-refractivity contribution is -0.138. The average Bonchev–Trinajstić information content (AvgIpc) is 3.25. The van der Waals surface area contributed by atoms with E-state index in [1.165, 1.54) is 0 Å². The van der Waals surface area contributed by atoms with Crippen molar-refractivity contribution in [1.82, 2.24) is 9.80 Å². The van der Waals surface area contributed by atoms with Gasteiger partial charge in [0.25, 0.3) is 5.91 Å². The van der Waals surface area contributed by atoms with Gasteiger partial charge in [-0.15, -0.1) is 0 Å². The number of carbonyl (C=O) groups excluding carboxylic acids is 2. The number of benzene rings is 3. The van der Waals surface area contributed by atoms with Crippen LogP contribution in [0.2, 0.25) is 0 Å². The molecule has 2 aliphatic heterocycles. The summed E-state index contributed by atoms with van der Waals surface area (Å²) < 4.78 is 10.6. The molecule has 2 heterocycles. The van der Waals surface area contributed by atoms with Crippen molar-refractivity contribution in [2.24, 2.45) is 0 Å². The molecule has 0 bridgehead atoms. The summed E-state index contributed by atoms with van der Waals surface area (Å²) in [6.07, 6.45) is 0.807. The first kappa shape index (κ1) is 21.1. The third-order valence-electron chi connectivity index (χ3n) is 6.74. The molecular weight excluding hydrogens is 416 g/mol. The van der Waals surface area contributed by atoms with Gasteiger partial charge in [0.1, 0.15) is 17.2 Å². The number of carbonyl (C=O) groups is 2. The van der Waals surface area contributed by atoms with E-state index in [9.17, 15) is 9.59 Å². The number of methoxy groups -OCH3 is 2. The van der Waals surface area contributed by atoms with Crippen molar-refractivity contribution >= 4 is 11.8 Å². The van der Waals surface area contributed by atoms with E-state index in [1.54, 1.807) is 14.2 Å². The normalized spacial score (nSPS) is 19.2. The van der Waals surface area contributed by atoms with E-state index >= 15 is 0 Å². The maximum absolute atomic E-state index is 13.7. The van der Waals surface area contributed by atoms with E-state index in [0.717, 1.165) is 28.2 Å². The second-order valence-electron chi connectivity index (χ2n) is 8.41. The van der Waals surface area contributed by atoms with Crippen LogP contribution in [0.15, 0.2) is 72.8 Å². The number of nitrogens with zero attached hydrogens (tertiary/aromatic N) is 2. The van der Waals surface area contributed by atoms with Crippen molar-refractivity contribution in [2.75, 3.05) is 27.3 Å². The van der Waals surface area contributed by atoms with Gasteiger partial charge in [0.15, 0.2) is 0 Å². The second kappa shape index (κ2) is 8.28. The summed E-state index contributed by atoms with van der Waals surface area (Å²) in [5, 5.41) is 0. The summed E-state index contributed by atoms with van der Waals surface area (Å²) >= 11 is 0. The molecule has 33 heavy (non-hydrogen) atoms. The van der Waals surface area contributed by atoms with E-state index in [0.29, 0.717) is 25.1 Å². The third-order valence-corrected chi connectivity index (χ3v) is 6.74. The quantitative estimate of drug-likeness (QED) is 0.605.